The van der Waals surface area contributed by atoms with Crippen molar-refractivity contribution in [3.05, 3.63) is 103 Å². The van der Waals surface area contributed by atoms with E-state index < -0.39 is 6.85 Å². The van der Waals surface area contributed by atoms with Gasteiger partial charge in [0.05, 0.1) is 5.69 Å². The van der Waals surface area contributed by atoms with E-state index in [0.717, 1.165) is 33.5 Å². The topological polar surface area (TPSA) is 12.9 Å². The van der Waals surface area contributed by atoms with Gasteiger partial charge in [0.2, 0.25) is 0 Å². The van der Waals surface area contributed by atoms with Crippen molar-refractivity contribution >= 4 is 0 Å². The van der Waals surface area contributed by atoms with Gasteiger partial charge >= 0.3 is 0 Å². The Bertz CT molecular complexity index is 1070. The van der Waals surface area contributed by atoms with Gasteiger partial charge in [-0.1, -0.05) is 84.4 Å². The second kappa shape index (κ2) is 6.74. The molecule has 0 bridgehead atoms. The highest BCUT2D eigenvalue weighted by molar-refractivity contribution is 5.73. The summed E-state index contributed by atoms with van der Waals surface area (Å²) in [7, 11) is 0. The first kappa shape index (κ1) is 12.2. The van der Waals surface area contributed by atoms with Crippen LogP contribution < -0.4 is 0 Å². The first-order valence-electron chi connectivity index (χ1n) is 9.73. The van der Waals surface area contributed by atoms with Crippen LogP contribution in [0.2, 0.25) is 0 Å². The molecule has 1 aromatic heterocycles. The number of rotatable bonds is 3. The monoisotopic (exact) mass is 324 g/mol. The highest BCUT2D eigenvalue weighted by Gasteiger charge is 2.04. The standard InChI is InChI=1S/C24H19N/c1-18-7-9-19(10-8-18)20-11-13-21(14-12-20)23-15-16-25-24(17-23)22-5-3-2-4-6-22/h2-17H,1H3/i1D3. The summed E-state index contributed by atoms with van der Waals surface area (Å²) >= 11 is 0. The number of hydrogen-bond donors (Lipinski definition) is 0. The molecule has 0 aliphatic rings. The van der Waals surface area contributed by atoms with E-state index in [1.165, 1.54) is 0 Å². The highest BCUT2D eigenvalue weighted by atomic mass is 14.7. The van der Waals surface area contributed by atoms with Crippen LogP contribution in [0.25, 0.3) is 33.5 Å². The maximum Gasteiger partial charge on any atom is 0.0708 e. The average Bonchev–Trinajstić information content (AvgIpc) is 2.74. The SMILES string of the molecule is [2H]C([2H])([2H])c1ccc(-c2ccc(-c3ccnc(-c4ccccc4)c3)cc2)cc1. The third kappa shape index (κ3) is 3.36. The lowest BCUT2D eigenvalue weighted by atomic mass is 9.99. The summed E-state index contributed by atoms with van der Waals surface area (Å²) in [5.41, 5.74) is 6.67. The van der Waals surface area contributed by atoms with E-state index in [1.807, 2.05) is 42.6 Å². The van der Waals surface area contributed by atoms with Crippen LogP contribution >= 0.6 is 0 Å². The van der Waals surface area contributed by atoms with E-state index in [4.69, 9.17) is 4.11 Å². The second-order valence-corrected chi connectivity index (χ2v) is 5.95. The first-order valence-corrected chi connectivity index (χ1v) is 8.23. The summed E-state index contributed by atoms with van der Waals surface area (Å²) in [5, 5.41) is 0. The number of aromatic nitrogens is 1. The van der Waals surface area contributed by atoms with E-state index in [0.29, 0.717) is 5.56 Å². The Hall–Kier alpha value is -3.19. The Morgan fingerprint density at radius 1 is 0.600 bits per heavy atom. The van der Waals surface area contributed by atoms with Crippen molar-refractivity contribution in [2.45, 2.75) is 6.85 Å². The lowest BCUT2D eigenvalue weighted by Gasteiger charge is -2.07. The van der Waals surface area contributed by atoms with E-state index in [-0.39, 0.29) is 0 Å². The quantitative estimate of drug-likeness (QED) is 0.425. The molecule has 4 rings (SSSR count). The van der Waals surface area contributed by atoms with Crippen LogP contribution in [0.15, 0.2) is 97.2 Å². The summed E-state index contributed by atoms with van der Waals surface area (Å²) in [6, 6.07) is 29.6. The molecule has 0 fully saturated rings. The molecule has 25 heavy (non-hydrogen) atoms. The van der Waals surface area contributed by atoms with E-state index in [1.54, 1.807) is 12.1 Å². The van der Waals surface area contributed by atoms with Gasteiger partial charge < -0.3 is 0 Å². The molecular formula is C24H19N. The van der Waals surface area contributed by atoms with Gasteiger partial charge in [0.25, 0.3) is 0 Å². The molecule has 0 N–H and O–H groups in total. The molecule has 0 unspecified atom stereocenters. The van der Waals surface area contributed by atoms with Crippen molar-refractivity contribution in [1.82, 2.24) is 4.98 Å². The number of aryl methyl sites for hydroxylation is 1. The zero-order valence-corrected chi connectivity index (χ0v) is 13.7. The fourth-order valence-corrected chi connectivity index (χ4v) is 2.89. The minimum absolute atomic E-state index is 0.359. The lowest BCUT2D eigenvalue weighted by Crippen LogP contribution is -1.85. The van der Waals surface area contributed by atoms with Gasteiger partial charge in [0.1, 0.15) is 0 Å². The summed E-state index contributed by atoms with van der Waals surface area (Å²) in [6.07, 6.45) is 1.83. The zero-order valence-electron chi connectivity index (χ0n) is 16.7. The molecule has 1 heterocycles. The number of hydrogen-bond acceptors (Lipinski definition) is 1. The van der Waals surface area contributed by atoms with E-state index in [9.17, 15) is 0 Å². The molecule has 0 amide bonds. The molecule has 0 radical (unpaired) electrons. The largest absolute Gasteiger partial charge is 0.256 e. The summed E-state index contributed by atoms with van der Waals surface area (Å²) < 4.78 is 22.4. The number of nitrogens with zero attached hydrogens (tertiary/aromatic N) is 1. The van der Waals surface area contributed by atoms with Gasteiger partial charge in [-0.2, -0.15) is 0 Å². The smallest absolute Gasteiger partial charge is 0.0708 e. The first-order chi connectivity index (χ1) is 13.5. The molecule has 0 saturated heterocycles. The Morgan fingerprint density at radius 3 is 1.84 bits per heavy atom. The van der Waals surface area contributed by atoms with Crippen molar-refractivity contribution < 1.29 is 4.11 Å². The van der Waals surface area contributed by atoms with Crippen LogP contribution in [-0.2, 0) is 0 Å². The third-order valence-electron chi connectivity index (χ3n) is 4.27. The van der Waals surface area contributed by atoms with E-state index in [2.05, 4.69) is 47.4 Å². The molecule has 4 aromatic rings. The predicted molar refractivity (Wildman–Crippen MR) is 105 cm³/mol. The maximum absolute atomic E-state index is 7.48. The van der Waals surface area contributed by atoms with Crippen LogP contribution in [0.3, 0.4) is 0 Å². The molecule has 3 aromatic carbocycles. The van der Waals surface area contributed by atoms with Crippen molar-refractivity contribution in [3.8, 4) is 33.5 Å². The number of benzene rings is 3. The van der Waals surface area contributed by atoms with Crippen molar-refractivity contribution in [1.29, 1.82) is 0 Å². The highest BCUT2D eigenvalue weighted by Crippen LogP contribution is 2.27. The van der Waals surface area contributed by atoms with Gasteiger partial charge in [-0.05, 0) is 41.2 Å². The van der Waals surface area contributed by atoms with E-state index >= 15 is 0 Å². The molecular weight excluding hydrogens is 302 g/mol. The molecule has 0 aliphatic heterocycles. The van der Waals surface area contributed by atoms with Gasteiger partial charge in [0, 0.05) is 15.9 Å². The Balaban J connectivity index is 1.60. The lowest BCUT2D eigenvalue weighted by molar-refractivity contribution is 1.33. The zero-order chi connectivity index (χ0) is 19.6. The minimum atomic E-state index is -2.07. The van der Waals surface area contributed by atoms with Crippen LogP contribution in [0.5, 0.6) is 0 Å². The average molecular weight is 324 g/mol. The Kier molecular flexibility index (Phi) is 3.29. The second-order valence-electron chi connectivity index (χ2n) is 5.95. The van der Waals surface area contributed by atoms with Crippen LogP contribution in [0, 0.1) is 6.85 Å². The molecule has 0 aliphatic carbocycles. The van der Waals surface area contributed by atoms with Crippen LogP contribution in [-0.4, -0.2) is 4.98 Å². The van der Waals surface area contributed by atoms with Crippen LogP contribution in [0.4, 0.5) is 0 Å². The molecule has 120 valence electrons. The molecule has 0 saturated carbocycles. The fourth-order valence-electron chi connectivity index (χ4n) is 2.89. The Labute approximate surface area is 152 Å². The molecule has 0 atom stereocenters. The van der Waals surface area contributed by atoms with Crippen molar-refractivity contribution in [3.63, 3.8) is 0 Å². The van der Waals surface area contributed by atoms with Gasteiger partial charge in [-0.3, -0.25) is 4.98 Å². The van der Waals surface area contributed by atoms with Crippen LogP contribution in [0.1, 0.15) is 9.68 Å². The summed E-state index contributed by atoms with van der Waals surface area (Å²) in [5.74, 6) is 0. The van der Waals surface area contributed by atoms with Gasteiger partial charge in [-0.25, -0.2) is 0 Å². The van der Waals surface area contributed by atoms with Gasteiger partial charge in [-0.15, -0.1) is 0 Å². The third-order valence-corrected chi connectivity index (χ3v) is 4.27. The molecule has 0 spiro atoms. The minimum Gasteiger partial charge on any atom is -0.256 e. The summed E-state index contributed by atoms with van der Waals surface area (Å²) in [4.78, 5) is 4.48. The van der Waals surface area contributed by atoms with Crippen molar-refractivity contribution in [2.24, 2.45) is 0 Å². The maximum atomic E-state index is 7.48. The molecule has 1 heteroatoms. The van der Waals surface area contributed by atoms with Gasteiger partial charge in [0.15, 0.2) is 0 Å². The predicted octanol–water partition coefficient (Wildman–Crippen LogP) is 6.39. The Morgan fingerprint density at radius 2 is 1.20 bits per heavy atom. The molecule has 1 nitrogen and oxygen atoms in total. The summed E-state index contributed by atoms with van der Waals surface area (Å²) in [6.45, 7) is -2.07. The normalized spacial score (nSPS) is 12.9. The number of pyridine rings is 1. The van der Waals surface area contributed by atoms with Crippen molar-refractivity contribution in [2.75, 3.05) is 0 Å². The fraction of sp³-hybridized carbons (Fsp3) is 0.0417.